The van der Waals surface area contributed by atoms with Crippen molar-refractivity contribution in [1.29, 1.82) is 0 Å². The molecule has 1 amide bonds. The number of amides is 1. The van der Waals surface area contributed by atoms with Crippen LogP contribution in [-0.2, 0) is 4.79 Å². The third-order valence-electron chi connectivity index (χ3n) is 10.5. The summed E-state index contributed by atoms with van der Waals surface area (Å²) < 4.78 is 41.5. The summed E-state index contributed by atoms with van der Waals surface area (Å²) in [6, 6.07) is 5.91. The summed E-state index contributed by atoms with van der Waals surface area (Å²) in [6.45, 7) is 15.6. The fourth-order valence-electron chi connectivity index (χ4n) is 7.80. The van der Waals surface area contributed by atoms with Gasteiger partial charge in [-0.3, -0.25) is 9.89 Å². The number of H-pyrrole nitrogens is 1. The van der Waals surface area contributed by atoms with Gasteiger partial charge in [-0.2, -0.15) is 23.8 Å². The first-order valence-corrected chi connectivity index (χ1v) is 17.2. The van der Waals surface area contributed by atoms with E-state index in [1.165, 1.54) is 6.08 Å². The zero-order valence-corrected chi connectivity index (χ0v) is 28.4. The van der Waals surface area contributed by atoms with E-state index in [4.69, 9.17) is 19.4 Å². The van der Waals surface area contributed by atoms with Gasteiger partial charge in [0.25, 0.3) is 6.08 Å². The highest BCUT2D eigenvalue weighted by Gasteiger charge is 2.46. The lowest BCUT2D eigenvalue weighted by molar-refractivity contribution is -0.139. The van der Waals surface area contributed by atoms with E-state index in [0.717, 1.165) is 73.4 Å². The molecule has 3 fully saturated rings. The number of carbonyl (C=O) groups is 1. The molecule has 0 bridgehead atoms. The van der Waals surface area contributed by atoms with Crippen molar-refractivity contribution in [2.45, 2.75) is 52.6 Å². The Morgan fingerprint density at radius 3 is 2.51 bits per heavy atom. The lowest BCUT2D eigenvalue weighted by atomic mass is 9.72. The number of fused-ring (bicyclic) bond motifs is 2. The first-order valence-electron chi connectivity index (χ1n) is 17.2. The summed E-state index contributed by atoms with van der Waals surface area (Å²) in [5.41, 5.74) is 3.84. The van der Waals surface area contributed by atoms with Crippen molar-refractivity contribution < 1.29 is 23.0 Å². The summed E-state index contributed by atoms with van der Waals surface area (Å²) in [7, 11) is 0. The molecule has 5 heterocycles. The van der Waals surface area contributed by atoms with Gasteiger partial charge in [0.1, 0.15) is 17.4 Å². The Morgan fingerprint density at radius 2 is 1.84 bits per heavy atom. The number of hydrogen-bond acceptors (Lipinski definition) is 8. The van der Waals surface area contributed by atoms with Crippen molar-refractivity contribution >= 4 is 39.6 Å². The second-order valence-corrected chi connectivity index (χ2v) is 13.5. The molecule has 3 aliphatic rings. The van der Waals surface area contributed by atoms with Crippen LogP contribution in [0, 0.1) is 12.3 Å². The molecule has 0 aliphatic carbocycles. The zero-order valence-electron chi connectivity index (χ0n) is 28.4. The molecular weight excluding hydrogens is 628 g/mol. The minimum Gasteiger partial charge on any atom is -0.491 e. The Labute approximate surface area is 284 Å². The normalized spacial score (nSPS) is 18.1. The molecule has 4 aromatic rings. The van der Waals surface area contributed by atoms with Gasteiger partial charge in [-0.15, -0.1) is 0 Å². The van der Waals surface area contributed by atoms with E-state index in [-0.39, 0.29) is 23.4 Å². The van der Waals surface area contributed by atoms with Gasteiger partial charge < -0.3 is 24.2 Å². The van der Waals surface area contributed by atoms with Crippen LogP contribution in [0.5, 0.6) is 11.8 Å². The van der Waals surface area contributed by atoms with Crippen molar-refractivity contribution in [2.24, 2.45) is 5.41 Å². The van der Waals surface area contributed by atoms with Crippen LogP contribution in [0.2, 0.25) is 0 Å². The number of halogens is 2. The Kier molecular flexibility index (Phi) is 8.99. The lowest BCUT2D eigenvalue weighted by Gasteiger charge is -2.54. The molecule has 2 aromatic heterocycles. The van der Waals surface area contributed by atoms with E-state index in [0.29, 0.717) is 66.4 Å². The first-order chi connectivity index (χ1) is 23.7. The van der Waals surface area contributed by atoms with Crippen LogP contribution >= 0.6 is 0 Å². The van der Waals surface area contributed by atoms with Crippen LogP contribution in [0.1, 0.15) is 50.7 Å². The van der Waals surface area contributed by atoms with Crippen LogP contribution in [0.3, 0.4) is 0 Å². The summed E-state index contributed by atoms with van der Waals surface area (Å²) >= 11 is 0. The van der Waals surface area contributed by atoms with Gasteiger partial charge in [-0.25, -0.2) is 0 Å². The number of ether oxygens (including phenoxy) is 2. The number of piperidine rings is 2. The van der Waals surface area contributed by atoms with Gasteiger partial charge in [0, 0.05) is 67.1 Å². The average molecular weight is 672 g/mol. The second-order valence-electron chi connectivity index (χ2n) is 13.5. The number of benzene rings is 2. The molecule has 3 aliphatic heterocycles. The molecule has 0 saturated carbocycles. The van der Waals surface area contributed by atoms with Crippen molar-refractivity contribution in [1.82, 2.24) is 30.0 Å². The Morgan fingerprint density at radius 1 is 1.08 bits per heavy atom. The van der Waals surface area contributed by atoms with E-state index in [2.05, 4.69) is 33.5 Å². The highest BCUT2D eigenvalue weighted by Crippen LogP contribution is 2.48. The van der Waals surface area contributed by atoms with Crippen LogP contribution in [0.15, 0.2) is 43.1 Å². The predicted octanol–water partition coefficient (Wildman–Crippen LogP) is 6.60. The van der Waals surface area contributed by atoms with E-state index in [1.54, 1.807) is 12.3 Å². The fourth-order valence-corrected chi connectivity index (χ4v) is 7.80. The fraction of sp³-hybridized carbons (Fsp3) is 0.459. The number of carbonyl (C=O) groups excluding carboxylic acids is 1. The number of hydrogen-bond donors (Lipinski definition) is 1. The molecule has 12 heteroatoms. The Bertz CT molecular complexity index is 1910. The van der Waals surface area contributed by atoms with Crippen molar-refractivity contribution in [3.8, 4) is 22.9 Å². The summed E-state index contributed by atoms with van der Waals surface area (Å²) in [4.78, 5) is 28.6. The minimum absolute atomic E-state index is 0.0392. The number of aromatic nitrogens is 4. The van der Waals surface area contributed by atoms with Gasteiger partial charge in [0.2, 0.25) is 5.91 Å². The van der Waals surface area contributed by atoms with Gasteiger partial charge in [0.05, 0.1) is 18.3 Å². The maximum Gasteiger partial charge on any atom is 0.319 e. The standard InChI is InChI=1S/C37H43F2N7O3/c1-5-30(47)46-21-37(22-46)12-16-45(17-13-37)35-26-18-24(19-29(38)39)32(31-23(4)8-9-28-27(31)20-40-43-28)34(48-7-3)33(26)41-36(42-35)49-25-10-14-44(6-2)15-11-25/h5,8-9,18-20,25H,1,6-7,10-17,21-22H2,2-4H3,(H,40,43). The number of nitrogens with zero attached hydrogens (tertiary/aromatic N) is 6. The van der Waals surface area contributed by atoms with Crippen LogP contribution in [0.25, 0.3) is 39.0 Å². The molecule has 1 spiro atoms. The Balaban J connectivity index is 1.38. The molecule has 49 heavy (non-hydrogen) atoms. The van der Waals surface area contributed by atoms with E-state index in [1.807, 2.05) is 30.9 Å². The molecule has 0 atom stereocenters. The zero-order chi connectivity index (χ0) is 34.3. The summed E-state index contributed by atoms with van der Waals surface area (Å²) in [5, 5.41) is 8.69. The molecule has 0 unspecified atom stereocenters. The van der Waals surface area contributed by atoms with Crippen molar-refractivity contribution in [3.63, 3.8) is 0 Å². The molecule has 10 nitrogen and oxygen atoms in total. The minimum atomic E-state index is -1.82. The summed E-state index contributed by atoms with van der Waals surface area (Å²) in [6.07, 6.45) is 5.59. The van der Waals surface area contributed by atoms with Crippen LogP contribution in [0.4, 0.5) is 14.6 Å². The third-order valence-corrected chi connectivity index (χ3v) is 10.5. The van der Waals surface area contributed by atoms with Gasteiger partial charge in [-0.1, -0.05) is 19.6 Å². The molecule has 3 saturated heterocycles. The number of aromatic amines is 1. The predicted molar refractivity (Wildman–Crippen MR) is 187 cm³/mol. The second kappa shape index (κ2) is 13.4. The maximum atomic E-state index is 14.3. The third kappa shape index (κ3) is 6.22. The Hall–Kier alpha value is -4.58. The van der Waals surface area contributed by atoms with Crippen LogP contribution in [-0.4, -0.2) is 94.4 Å². The monoisotopic (exact) mass is 671 g/mol. The number of aryl methyl sites for hydroxylation is 1. The number of nitrogens with one attached hydrogen (secondary N) is 1. The first kappa shape index (κ1) is 32.9. The van der Waals surface area contributed by atoms with Gasteiger partial charge in [0.15, 0.2) is 5.75 Å². The number of rotatable bonds is 9. The van der Waals surface area contributed by atoms with E-state index in [9.17, 15) is 13.6 Å². The highest BCUT2D eigenvalue weighted by molar-refractivity contribution is 6.07. The quantitative estimate of drug-likeness (QED) is 0.199. The molecule has 258 valence electrons. The van der Waals surface area contributed by atoms with Crippen molar-refractivity contribution in [2.75, 3.05) is 57.3 Å². The molecule has 2 aromatic carbocycles. The topological polar surface area (TPSA) is 99.7 Å². The smallest absolute Gasteiger partial charge is 0.319 e. The number of anilines is 1. The number of likely N-dealkylation sites (tertiary alicyclic amines) is 2. The molecule has 7 rings (SSSR count). The van der Waals surface area contributed by atoms with Crippen LogP contribution < -0.4 is 14.4 Å². The van der Waals surface area contributed by atoms with Gasteiger partial charge >= 0.3 is 6.01 Å². The molecule has 1 N–H and O–H groups in total. The van der Waals surface area contributed by atoms with Crippen molar-refractivity contribution in [3.05, 3.63) is 54.3 Å². The molecule has 0 radical (unpaired) electrons. The largest absolute Gasteiger partial charge is 0.491 e. The average Bonchev–Trinajstić information content (AvgIpc) is 3.57. The van der Waals surface area contributed by atoms with E-state index < -0.39 is 6.08 Å². The molecular formula is C37H43F2N7O3. The highest BCUT2D eigenvalue weighted by atomic mass is 19.3. The van der Waals surface area contributed by atoms with Gasteiger partial charge in [-0.05, 0) is 81.0 Å². The summed E-state index contributed by atoms with van der Waals surface area (Å²) in [5.74, 6) is 1.01. The maximum absolute atomic E-state index is 14.3. The van der Waals surface area contributed by atoms with E-state index >= 15 is 0 Å². The SMILES string of the molecule is C=CC(=O)N1CC2(CCN(c3nc(OC4CCN(CC)CC4)nc4c(OCC)c(-c5c(C)ccc6[nH]ncc56)c(C=C(F)F)cc34)CC2)C1. The lowest BCUT2D eigenvalue weighted by Crippen LogP contribution is -2.61.